The van der Waals surface area contributed by atoms with Gasteiger partial charge >= 0.3 is 6.18 Å². The van der Waals surface area contributed by atoms with Gasteiger partial charge in [0.2, 0.25) is 15.9 Å². The third kappa shape index (κ3) is 4.61. The van der Waals surface area contributed by atoms with Crippen LogP contribution in [0.4, 0.5) is 13.2 Å². The molecule has 1 aromatic rings. The van der Waals surface area contributed by atoms with Gasteiger partial charge in [-0.3, -0.25) is 4.79 Å². The molecule has 0 spiro atoms. The van der Waals surface area contributed by atoms with Crippen molar-refractivity contribution in [2.45, 2.75) is 56.3 Å². The molecule has 10 heteroatoms. The van der Waals surface area contributed by atoms with E-state index in [1.807, 2.05) is 13.8 Å². The molecule has 2 aliphatic rings. The molecule has 31 heavy (non-hydrogen) atoms. The van der Waals surface area contributed by atoms with Crippen molar-refractivity contribution < 1.29 is 26.4 Å². The molecular formula is C21H30F3N3O3S. The number of amides is 1. The normalized spacial score (nSPS) is 26.5. The third-order valence-electron chi connectivity index (χ3n) is 6.99. The van der Waals surface area contributed by atoms with Crippen LogP contribution in [0.5, 0.6) is 0 Å². The zero-order valence-corrected chi connectivity index (χ0v) is 18.8. The standard InChI is InChI=1S/C21H30F3N3O3S/c1-4-13(2)19(25)20(28)26(3)18-10-5-14-11-27(12-17(14)18)31(29,30)16-8-6-15(7-9-16)21(22,23)24/h6-9,13-14,17-19H,4-5,10-12,25H2,1-3H3/t13-,14+,17-,18-,19-/m0/s1. The van der Waals surface area contributed by atoms with E-state index in [0.29, 0.717) is 6.54 Å². The van der Waals surface area contributed by atoms with Crippen molar-refractivity contribution in [3.8, 4) is 0 Å². The van der Waals surface area contributed by atoms with Gasteiger partial charge in [-0.2, -0.15) is 17.5 Å². The monoisotopic (exact) mass is 461 g/mol. The maximum Gasteiger partial charge on any atom is 0.416 e. The summed E-state index contributed by atoms with van der Waals surface area (Å²) in [5.74, 6) is 0.0166. The van der Waals surface area contributed by atoms with Gasteiger partial charge < -0.3 is 10.6 Å². The molecule has 2 N–H and O–H groups in total. The van der Waals surface area contributed by atoms with Crippen LogP contribution in [0.1, 0.15) is 38.7 Å². The van der Waals surface area contributed by atoms with Crippen molar-refractivity contribution >= 4 is 15.9 Å². The minimum absolute atomic E-state index is 0.0118. The number of sulfonamides is 1. The van der Waals surface area contributed by atoms with Crippen LogP contribution < -0.4 is 5.73 Å². The number of carbonyl (C=O) groups excluding carboxylic acids is 1. The van der Waals surface area contributed by atoms with Gasteiger partial charge in [-0.15, -0.1) is 0 Å². The molecule has 6 nitrogen and oxygen atoms in total. The van der Waals surface area contributed by atoms with E-state index in [4.69, 9.17) is 5.73 Å². The van der Waals surface area contributed by atoms with Crippen molar-refractivity contribution in [1.82, 2.24) is 9.21 Å². The average molecular weight is 462 g/mol. The molecule has 2 fully saturated rings. The minimum Gasteiger partial charge on any atom is -0.341 e. The Balaban J connectivity index is 1.73. The minimum atomic E-state index is -4.52. The van der Waals surface area contributed by atoms with Crippen LogP contribution >= 0.6 is 0 Å². The summed E-state index contributed by atoms with van der Waals surface area (Å²) in [6.07, 6.45) is -2.15. The summed E-state index contributed by atoms with van der Waals surface area (Å²) < 4.78 is 65.7. The first-order valence-corrected chi connectivity index (χ1v) is 12.0. The number of hydrogen-bond donors (Lipinski definition) is 1. The smallest absolute Gasteiger partial charge is 0.341 e. The average Bonchev–Trinajstić information content (AvgIpc) is 3.32. The molecule has 0 bridgehead atoms. The maximum absolute atomic E-state index is 13.0. The molecule has 1 amide bonds. The van der Waals surface area contributed by atoms with Crippen LogP contribution in [0.3, 0.4) is 0 Å². The summed E-state index contributed by atoms with van der Waals surface area (Å²) in [6, 6.07) is 2.89. The van der Waals surface area contributed by atoms with E-state index in [9.17, 15) is 26.4 Å². The first-order valence-electron chi connectivity index (χ1n) is 10.6. The molecule has 3 rings (SSSR count). The fourth-order valence-electron chi connectivity index (χ4n) is 4.73. The number of fused-ring (bicyclic) bond motifs is 1. The Morgan fingerprint density at radius 2 is 1.84 bits per heavy atom. The topological polar surface area (TPSA) is 83.7 Å². The van der Waals surface area contributed by atoms with Crippen molar-refractivity contribution in [3.05, 3.63) is 29.8 Å². The van der Waals surface area contributed by atoms with Gasteiger partial charge in [-0.1, -0.05) is 20.3 Å². The molecule has 0 aromatic heterocycles. The largest absolute Gasteiger partial charge is 0.416 e. The van der Waals surface area contributed by atoms with E-state index in [-0.39, 0.29) is 41.1 Å². The van der Waals surface area contributed by atoms with E-state index in [2.05, 4.69) is 0 Å². The van der Waals surface area contributed by atoms with Gasteiger partial charge in [0, 0.05) is 26.2 Å². The molecule has 1 saturated carbocycles. The van der Waals surface area contributed by atoms with Gasteiger partial charge in [0.25, 0.3) is 0 Å². The molecule has 1 aliphatic heterocycles. The van der Waals surface area contributed by atoms with E-state index >= 15 is 0 Å². The quantitative estimate of drug-likeness (QED) is 0.706. The Bertz CT molecular complexity index is 905. The molecular weight excluding hydrogens is 431 g/mol. The van der Waals surface area contributed by atoms with E-state index in [1.165, 1.54) is 4.31 Å². The highest BCUT2D eigenvalue weighted by Crippen LogP contribution is 2.42. The van der Waals surface area contributed by atoms with Crippen molar-refractivity contribution in [1.29, 1.82) is 0 Å². The highest BCUT2D eigenvalue weighted by atomic mass is 32.2. The Morgan fingerprint density at radius 1 is 1.23 bits per heavy atom. The number of benzene rings is 1. The van der Waals surface area contributed by atoms with Gasteiger partial charge in [0.05, 0.1) is 16.5 Å². The zero-order valence-electron chi connectivity index (χ0n) is 18.0. The van der Waals surface area contributed by atoms with Crippen LogP contribution in [-0.2, 0) is 21.0 Å². The molecule has 1 saturated heterocycles. The van der Waals surface area contributed by atoms with Crippen LogP contribution in [0.15, 0.2) is 29.2 Å². The Labute approximate surface area is 181 Å². The molecule has 1 aromatic carbocycles. The highest BCUT2D eigenvalue weighted by molar-refractivity contribution is 7.89. The number of hydrogen-bond acceptors (Lipinski definition) is 4. The van der Waals surface area contributed by atoms with Gasteiger partial charge in [0.1, 0.15) is 0 Å². The first kappa shape index (κ1) is 24.0. The highest BCUT2D eigenvalue weighted by Gasteiger charge is 2.48. The second-order valence-corrected chi connectivity index (χ2v) is 10.7. The van der Waals surface area contributed by atoms with Crippen LogP contribution in [0.2, 0.25) is 0 Å². The molecule has 5 atom stereocenters. The van der Waals surface area contributed by atoms with E-state index in [0.717, 1.165) is 43.5 Å². The number of alkyl halides is 3. The SMILES string of the molecule is CC[C@H](C)[C@H](N)C(=O)N(C)[C@H]1CC[C@@H]2CN(S(=O)(=O)c3ccc(C(F)(F)F)cc3)C[C@@H]21. The molecule has 174 valence electrons. The lowest BCUT2D eigenvalue weighted by Crippen LogP contribution is -2.50. The number of carbonyl (C=O) groups is 1. The molecule has 1 aliphatic carbocycles. The Kier molecular flexibility index (Phi) is 6.74. The second kappa shape index (κ2) is 8.71. The number of likely N-dealkylation sites (N-methyl/N-ethyl adjacent to an activating group) is 1. The second-order valence-electron chi connectivity index (χ2n) is 8.77. The fraction of sp³-hybridized carbons (Fsp3) is 0.667. The zero-order chi connectivity index (χ0) is 23.1. The van der Waals surface area contributed by atoms with Crippen LogP contribution in [0, 0.1) is 17.8 Å². The molecule has 0 unspecified atom stereocenters. The predicted molar refractivity (Wildman–Crippen MR) is 110 cm³/mol. The maximum atomic E-state index is 13.0. The lowest BCUT2D eigenvalue weighted by atomic mass is 9.94. The molecule has 0 radical (unpaired) electrons. The summed E-state index contributed by atoms with van der Waals surface area (Å²) in [5, 5.41) is 0. The van der Waals surface area contributed by atoms with Crippen molar-refractivity contribution in [2.75, 3.05) is 20.1 Å². The Morgan fingerprint density at radius 3 is 2.39 bits per heavy atom. The first-order chi connectivity index (χ1) is 14.4. The summed E-state index contributed by atoms with van der Waals surface area (Å²) >= 11 is 0. The van der Waals surface area contributed by atoms with Crippen LogP contribution in [-0.4, -0.2) is 55.8 Å². The summed E-state index contributed by atoms with van der Waals surface area (Å²) in [4.78, 5) is 14.3. The lowest BCUT2D eigenvalue weighted by molar-refractivity contribution is -0.137. The number of halogens is 3. The van der Waals surface area contributed by atoms with E-state index in [1.54, 1.807) is 11.9 Å². The summed E-state index contributed by atoms with van der Waals surface area (Å²) in [5.41, 5.74) is 5.23. The van der Waals surface area contributed by atoms with E-state index < -0.39 is 27.8 Å². The van der Waals surface area contributed by atoms with Gasteiger partial charge in [-0.25, -0.2) is 8.42 Å². The molecule has 1 heterocycles. The van der Waals surface area contributed by atoms with Crippen molar-refractivity contribution in [2.24, 2.45) is 23.5 Å². The Hall–Kier alpha value is -1.65. The predicted octanol–water partition coefficient (Wildman–Crippen LogP) is 2.94. The van der Waals surface area contributed by atoms with Crippen LogP contribution in [0.25, 0.3) is 0 Å². The number of nitrogens with two attached hydrogens (primary N) is 1. The summed E-state index contributed by atoms with van der Waals surface area (Å²) in [6.45, 7) is 4.46. The van der Waals surface area contributed by atoms with Gasteiger partial charge in [-0.05, 0) is 54.9 Å². The van der Waals surface area contributed by atoms with Crippen molar-refractivity contribution in [3.63, 3.8) is 0 Å². The fourth-order valence-corrected chi connectivity index (χ4v) is 6.27. The van der Waals surface area contributed by atoms with Gasteiger partial charge in [0.15, 0.2) is 0 Å². The number of rotatable bonds is 6. The lowest BCUT2D eigenvalue weighted by Gasteiger charge is -2.33. The third-order valence-corrected chi connectivity index (χ3v) is 8.84. The summed E-state index contributed by atoms with van der Waals surface area (Å²) in [7, 11) is -2.18. The number of nitrogens with zero attached hydrogens (tertiary/aromatic N) is 2.